The van der Waals surface area contributed by atoms with Gasteiger partial charge >= 0.3 is 0 Å². The van der Waals surface area contributed by atoms with E-state index in [1.165, 1.54) is 12.1 Å². The van der Waals surface area contributed by atoms with E-state index in [2.05, 4.69) is 10.1 Å². The van der Waals surface area contributed by atoms with Crippen molar-refractivity contribution >= 4 is 5.91 Å². The molecule has 0 spiro atoms. The van der Waals surface area contributed by atoms with E-state index in [-0.39, 0.29) is 17.8 Å². The number of likely N-dealkylation sites (tertiary alicyclic amines) is 1. The van der Waals surface area contributed by atoms with Crippen LogP contribution in [0.25, 0.3) is 11.4 Å². The van der Waals surface area contributed by atoms with Crippen molar-refractivity contribution in [1.29, 1.82) is 0 Å². The van der Waals surface area contributed by atoms with Crippen LogP contribution in [-0.2, 0) is 11.2 Å². The Balaban J connectivity index is 1.51. The minimum atomic E-state index is -0.314. The lowest BCUT2D eigenvalue weighted by Gasteiger charge is -2.22. The topological polar surface area (TPSA) is 59.2 Å². The molecule has 0 unspecified atom stereocenters. The molecule has 1 fully saturated rings. The van der Waals surface area contributed by atoms with Gasteiger partial charge < -0.3 is 9.42 Å². The Kier molecular flexibility index (Phi) is 4.71. The highest BCUT2D eigenvalue weighted by atomic mass is 19.1. The maximum Gasteiger partial charge on any atom is 0.249 e. The number of halogens is 1. The van der Waals surface area contributed by atoms with Gasteiger partial charge in [0.25, 0.3) is 0 Å². The van der Waals surface area contributed by atoms with Crippen LogP contribution in [0.15, 0.2) is 53.1 Å². The minimum Gasteiger partial charge on any atom is -0.337 e. The molecule has 4 rings (SSSR count). The fraction of sp³-hybridized carbons (Fsp3) is 0.286. The number of amides is 1. The minimum absolute atomic E-state index is 0.0598. The van der Waals surface area contributed by atoms with Crippen LogP contribution >= 0.6 is 0 Å². The standard InChI is InChI=1S/C21H20FN3O2/c1-14-4-2-5-15(12-14)13-19(26)25-11-3-6-18(25)21-23-20(24-27-21)16-7-9-17(22)10-8-16/h2,4-5,7-10,12,18H,3,6,11,13H2,1H3/t18-/m0/s1. The zero-order valence-electron chi connectivity index (χ0n) is 15.1. The van der Waals surface area contributed by atoms with Crippen LogP contribution in [0.5, 0.6) is 0 Å². The third-order valence-corrected chi connectivity index (χ3v) is 4.84. The summed E-state index contributed by atoms with van der Waals surface area (Å²) >= 11 is 0. The van der Waals surface area contributed by atoms with Gasteiger partial charge in [-0.25, -0.2) is 4.39 Å². The first-order valence-corrected chi connectivity index (χ1v) is 9.05. The summed E-state index contributed by atoms with van der Waals surface area (Å²) in [4.78, 5) is 19.1. The second-order valence-corrected chi connectivity index (χ2v) is 6.87. The molecule has 1 aliphatic heterocycles. The maximum absolute atomic E-state index is 13.1. The molecule has 0 saturated carbocycles. The molecule has 0 aliphatic carbocycles. The van der Waals surface area contributed by atoms with Crippen molar-refractivity contribution in [1.82, 2.24) is 15.0 Å². The van der Waals surface area contributed by atoms with Gasteiger partial charge in [0.2, 0.25) is 17.6 Å². The number of rotatable bonds is 4. The molecule has 6 heteroatoms. The van der Waals surface area contributed by atoms with Crippen molar-refractivity contribution in [3.63, 3.8) is 0 Å². The summed E-state index contributed by atoms with van der Waals surface area (Å²) in [6.07, 6.45) is 2.06. The number of hydrogen-bond acceptors (Lipinski definition) is 4. The number of aromatic nitrogens is 2. The molecule has 0 bridgehead atoms. The molecule has 2 aromatic carbocycles. The summed E-state index contributed by atoms with van der Waals surface area (Å²) in [6, 6.07) is 13.7. The zero-order chi connectivity index (χ0) is 18.8. The number of aryl methyl sites for hydroxylation is 1. The summed E-state index contributed by atoms with van der Waals surface area (Å²) in [7, 11) is 0. The van der Waals surface area contributed by atoms with Gasteiger partial charge in [0.05, 0.1) is 6.42 Å². The molecule has 5 nitrogen and oxygen atoms in total. The average molecular weight is 365 g/mol. The van der Waals surface area contributed by atoms with Crippen LogP contribution < -0.4 is 0 Å². The molecular weight excluding hydrogens is 345 g/mol. The van der Waals surface area contributed by atoms with E-state index < -0.39 is 0 Å². The molecule has 3 aromatic rings. The third kappa shape index (κ3) is 3.74. The SMILES string of the molecule is Cc1cccc(CC(=O)N2CCC[C@H]2c2nc(-c3ccc(F)cc3)no2)c1. The second-order valence-electron chi connectivity index (χ2n) is 6.87. The number of nitrogens with zero attached hydrogens (tertiary/aromatic N) is 3. The molecule has 1 aliphatic rings. The van der Waals surface area contributed by atoms with Crippen LogP contribution in [0.4, 0.5) is 4.39 Å². The number of carbonyl (C=O) groups is 1. The lowest BCUT2D eigenvalue weighted by molar-refractivity contribution is -0.131. The van der Waals surface area contributed by atoms with Crippen LogP contribution in [0.2, 0.25) is 0 Å². The Morgan fingerprint density at radius 3 is 2.85 bits per heavy atom. The highest BCUT2D eigenvalue weighted by molar-refractivity contribution is 5.79. The monoisotopic (exact) mass is 365 g/mol. The summed E-state index contributed by atoms with van der Waals surface area (Å²) < 4.78 is 18.5. The largest absolute Gasteiger partial charge is 0.337 e. The van der Waals surface area contributed by atoms with E-state index in [0.29, 0.717) is 30.2 Å². The molecule has 0 N–H and O–H groups in total. The first-order valence-electron chi connectivity index (χ1n) is 9.05. The maximum atomic E-state index is 13.1. The predicted octanol–water partition coefficient (Wildman–Crippen LogP) is 4.09. The van der Waals surface area contributed by atoms with Crippen molar-refractivity contribution < 1.29 is 13.7 Å². The van der Waals surface area contributed by atoms with Crippen LogP contribution in [0.3, 0.4) is 0 Å². The highest BCUT2D eigenvalue weighted by Gasteiger charge is 2.34. The summed E-state index contributed by atoms with van der Waals surface area (Å²) in [6.45, 7) is 2.70. The van der Waals surface area contributed by atoms with E-state index in [1.807, 2.05) is 36.1 Å². The summed E-state index contributed by atoms with van der Waals surface area (Å²) in [5.41, 5.74) is 2.82. The smallest absolute Gasteiger partial charge is 0.249 e. The van der Waals surface area contributed by atoms with Gasteiger partial charge in [-0.2, -0.15) is 4.98 Å². The molecule has 1 atom stereocenters. The van der Waals surface area contributed by atoms with Crippen molar-refractivity contribution in [3.8, 4) is 11.4 Å². The van der Waals surface area contributed by atoms with Crippen molar-refractivity contribution in [2.24, 2.45) is 0 Å². The summed E-state index contributed by atoms with van der Waals surface area (Å²) in [5.74, 6) is 0.586. The fourth-order valence-electron chi connectivity index (χ4n) is 3.51. The number of benzene rings is 2. The molecule has 2 heterocycles. The molecule has 27 heavy (non-hydrogen) atoms. The summed E-state index contributed by atoms with van der Waals surface area (Å²) in [5, 5.41) is 4.00. The van der Waals surface area contributed by atoms with Crippen molar-refractivity contribution in [2.75, 3.05) is 6.54 Å². The van der Waals surface area contributed by atoms with E-state index in [1.54, 1.807) is 12.1 Å². The second kappa shape index (κ2) is 7.31. The quantitative estimate of drug-likeness (QED) is 0.699. The lowest BCUT2D eigenvalue weighted by Crippen LogP contribution is -2.32. The first-order chi connectivity index (χ1) is 13.1. The van der Waals surface area contributed by atoms with Crippen LogP contribution in [0.1, 0.15) is 35.9 Å². The molecule has 1 aromatic heterocycles. The zero-order valence-corrected chi connectivity index (χ0v) is 15.1. The van der Waals surface area contributed by atoms with E-state index in [4.69, 9.17) is 4.52 Å². The molecule has 138 valence electrons. The fourth-order valence-corrected chi connectivity index (χ4v) is 3.51. The van der Waals surface area contributed by atoms with Crippen LogP contribution in [-0.4, -0.2) is 27.5 Å². The average Bonchev–Trinajstić information content (AvgIpc) is 3.31. The predicted molar refractivity (Wildman–Crippen MR) is 98.3 cm³/mol. The van der Waals surface area contributed by atoms with E-state index in [0.717, 1.165) is 24.0 Å². The Hall–Kier alpha value is -3.02. The Bertz CT molecular complexity index is 952. The van der Waals surface area contributed by atoms with Gasteiger partial charge in [-0.1, -0.05) is 35.0 Å². The van der Waals surface area contributed by atoms with Gasteiger partial charge in [0.15, 0.2) is 0 Å². The van der Waals surface area contributed by atoms with Gasteiger partial charge in [0.1, 0.15) is 11.9 Å². The number of hydrogen-bond donors (Lipinski definition) is 0. The van der Waals surface area contributed by atoms with Crippen molar-refractivity contribution in [3.05, 3.63) is 71.4 Å². The lowest BCUT2D eigenvalue weighted by atomic mass is 10.1. The van der Waals surface area contributed by atoms with Gasteiger partial charge in [-0.05, 0) is 49.6 Å². The Morgan fingerprint density at radius 2 is 2.07 bits per heavy atom. The van der Waals surface area contributed by atoms with Gasteiger partial charge in [-0.3, -0.25) is 4.79 Å². The van der Waals surface area contributed by atoms with Gasteiger partial charge in [-0.15, -0.1) is 0 Å². The van der Waals surface area contributed by atoms with Crippen molar-refractivity contribution in [2.45, 2.75) is 32.2 Å². The van der Waals surface area contributed by atoms with Gasteiger partial charge in [0, 0.05) is 12.1 Å². The molecule has 0 radical (unpaired) electrons. The molecule has 1 saturated heterocycles. The Morgan fingerprint density at radius 1 is 1.26 bits per heavy atom. The highest BCUT2D eigenvalue weighted by Crippen LogP contribution is 2.32. The normalized spacial score (nSPS) is 16.7. The molecule has 1 amide bonds. The Labute approximate surface area is 156 Å². The first kappa shape index (κ1) is 17.4. The van der Waals surface area contributed by atoms with E-state index in [9.17, 15) is 9.18 Å². The third-order valence-electron chi connectivity index (χ3n) is 4.84. The van der Waals surface area contributed by atoms with Crippen LogP contribution in [0, 0.1) is 12.7 Å². The number of carbonyl (C=O) groups excluding carboxylic acids is 1. The van der Waals surface area contributed by atoms with E-state index >= 15 is 0 Å². The molecular formula is C21H20FN3O2.